The second-order valence-corrected chi connectivity index (χ2v) is 23.3. The van der Waals surface area contributed by atoms with Crippen molar-refractivity contribution in [2.24, 2.45) is 47.3 Å². The zero-order valence-electron chi connectivity index (χ0n) is 43.6. The van der Waals surface area contributed by atoms with Crippen LogP contribution in [0.5, 0.6) is 0 Å². The number of dihydropyridines is 1. The van der Waals surface area contributed by atoms with E-state index >= 15 is 0 Å². The molecule has 8 unspecified atom stereocenters. The predicted octanol–water partition coefficient (Wildman–Crippen LogP) is 16.2. The Morgan fingerprint density at radius 3 is 1.08 bits per heavy atom. The van der Waals surface area contributed by atoms with E-state index in [1.165, 1.54) is 95.4 Å². The fourth-order valence-corrected chi connectivity index (χ4v) is 17.7. The molecule has 0 amide bonds. The number of benzene rings is 6. The van der Waals surface area contributed by atoms with E-state index in [2.05, 4.69) is 243 Å². The number of anilines is 2. The Kier molecular flexibility index (Phi) is 9.21. The lowest BCUT2D eigenvalue weighted by Gasteiger charge is -2.59. The van der Waals surface area contributed by atoms with Crippen molar-refractivity contribution in [3.05, 3.63) is 258 Å². The van der Waals surface area contributed by atoms with Crippen molar-refractivity contribution in [2.75, 3.05) is 10.6 Å². The lowest BCUT2D eigenvalue weighted by Crippen LogP contribution is -2.53. The number of hydrogen-bond donors (Lipinski definition) is 3. The van der Waals surface area contributed by atoms with Gasteiger partial charge in [0.1, 0.15) is 0 Å². The molecule has 358 valence electrons. The standard InChI is InChI=1S/C69H67N3/c1-37-55-38(2)60-65(43(7)57(55)41(5)63-59(37)67(9,10)51-33-21-23-35-53(51)70-63)72-66-44(8)58-42(6)64-62(40(4)56(58)39(3)61(66)68(60,45-25-13-11-14-26-45)46-27-15-12-16-28-46)69(52-34-22-24-36-54(52)71-64)49-31-19-17-29-47(49)48-30-18-20-32-50(48)69/h11-44,70-72H,1-10H3. The van der Waals surface area contributed by atoms with Gasteiger partial charge in [0.2, 0.25) is 0 Å². The summed E-state index contributed by atoms with van der Waals surface area (Å²) < 4.78 is 0. The first-order valence-corrected chi connectivity index (χ1v) is 27.1. The van der Waals surface area contributed by atoms with E-state index in [-0.39, 0.29) is 52.8 Å². The van der Waals surface area contributed by atoms with E-state index in [1.807, 2.05) is 0 Å². The van der Waals surface area contributed by atoms with Gasteiger partial charge in [-0.2, -0.15) is 0 Å². The molecule has 0 saturated heterocycles. The first-order chi connectivity index (χ1) is 34.9. The minimum Gasteiger partial charge on any atom is -0.361 e. The van der Waals surface area contributed by atoms with Crippen molar-refractivity contribution in [3.8, 4) is 11.1 Å². The average Bonchev–Trinajstić information content (AvgIpc) is 3.68. The van der Waals surface area contributed by atoms with Gasteiger partial charge < -0.3 is 16.0 Å². The number of hydrogen-bond acceptors (Lipinski definition) is 3. The van der Waals surface area contributed by atoms with Gasteiger partial charge >= 0.3 is 0 Å². The molecule has 0 saturated carbocycles. The highest BCUT2D eigenvalue weighted by molar-refractivity contribution is 5.90. The van der Waals surface area contributed by atoms with Gasteiger partial charge in [-0.05, 0) is 78.9 Å². The van der Waals surface area contributed by atoms with Crippen LogP contribution in [0, 0.1) is 47.3 Å². The normalized spacial score (nSPS) is 28.5. The summed E-state index contributed by atoms with van der Waals surface area (Å²) >= 11 is 0. The summed E-state index contributed by atoms with van der Waals surface area (Å²) in [7, 11) is 0. The van der Waals surface area contributed by atoms with Gasteiger partial charge in [0, 0.05) is 86.9 Å². The van der Waals surface area contributed by atoms with Gasteiger partial charge in [-0.25, -0.2) is 0 Å². The van der Waals surface area contributed by atoms with Crippen molar-refractivity contribution >= 4 is 11.4 Å². The van der Waals surface area contributed by atoms with E-state index in [9.17, 15) is 0 Å². The zero-order valence-corrected chi connectivity index (χ0v) is 43.6. The van der Waals surface area contributed by atoms with Crippen LogP contribution in [0.4, 0.5) is 11.4 Å². The molecule has 6 aromatic carbocycles. The van der Waals surface area contributed by atoms with Crippen LogP contribution in [0.2, 0.25) is 0 Å². The Morgan fingerprint density at radius 2 is 0.611 bits per heavy atom. The molecular formula is C69H67N3. The maximum absolute atomic E-state index is 4.53. The third-order valence-electron chi connectivity index (χ3n) is 20.0. The van der Waals surface area contributed by atoms with Crippen LogP contribution in [0.15, 0.2) is 225 Å². The van der Waals surface area contributed by atoms with Crippen LogP contribution >= 0.6 is 0 Å². The molecule has 0 radical (unpaired) electrons. The smallest absolute Gasteiger partial charge is 0.0719 e. The Bertz CT molecular complexity index is 3470. The molecular weight excluding hydrogens is 871 g/mol. The number of nitrogens with one attached hydrogen (secondary N) is 3. The second-order valence-electron chi connectivity index (χ2n) is 23.3. The summed E-state index contributed by atoms with van der Waals surface area (Å²) in [6, 6.07) is 60.4. The van der Waals surface area contributed by atoms with E-state index in [0.717, 1.165) is 0 Å². The quantitative estimate of drug-likeness (QED) is 0.151. The number of allylic oxidation sites excluding steroid dienone is 10. The third-order valence-corrected chi connectivity index (χ3v) is 20.0. The van der Waals surface area contributed by atoms with Crippen LogP contribution < -0.4 is 16.0 Å². The summed E-state index contributed by atoms with van der Waals surface area (Å²) in [6.45, 7) is 25.4. The molecule has 5 aliphatic carbocycles. The van der Waals surface area contributed by atoms with Gasteiger partial charge in [-0.1, -0.05) is 237 Å². The molecule has 3 nitrogen and oxygen atoms in total. The molecule has 8 aliphatic rings. The summed E-state index contributed by atoms with van der Waals surface area (Å²) in [6.07, 6.45) is 0. The van der Waals surface area contributed by atoms with Gasteiger partial charge in [0.15, 0.2) is 0 Å². The Hall–Kier alpha value is -6.84. The summed E-state index contributed by atoms with van der Waals surface area (Å²) in [4.78, 5) is 0. The van der Waals surface area contributed by atoms with Crippen molar-refractivity contribution in [3.63, 3.8) is 0 Å². The lowest BCUT2D eigenvalue weighted by molar-refractivity contribution is 0.381. The summed E-state index contributed by atoms with van der Waals surface area (Å²) in [5.74, 6) is 1.40. The molecule has 3 heterocycles. The average molecular weight is 938 g/mol. The molecule has 72 heavy (non-hydrogen) atoms. The minimum absolute atomic E-state index is 0.119. The maximum atomic E-state index is 4.53. The molecule has 0 fully saturated rings. The highest BCUT2D eigenvalue weighted by Gasteiger charge is 2.61. The van der Waals surface area contributed by atoms with Crippen LogP contribution in [0.1, 0.15) is 103 Å². The fourth-order valence-electron chi connectivity index (χ4n) is 17.7. The Morgan fingerprint density at radius 1 is 0.292 bits per heavy atom. The minimum atomic E-state index is -0.541. The SMILES string of the molecule is CC1C2=C(C(C)C3=C1C(C)C1=C(C3C)C(c3ccccc3)(c3ccccc3)C3=C(N1)C(C)C1=C(C3C)C(C)C3=C(Nc4ccccc4C34c3ccccc3-c3ccccc34)C1C)C(C)(C)c1ccccc1N2. The van der Waals surface area contributed by atoms with Crippen molar-refractivity contribution in [2.45, 2.75) is 85.5 Å². The van der Waals surface area contributed by atoms with Crippen molar-refractivity contribution in [1.29, 1.82) is 0 Å². The topological polar surface area (TPSA) is 36.1 Å². The molecule has 3 heteroatoms. The molecule has 6 aromatic rings. The summed E-state index contributed by atoms with van der Waals surface area (Å²) in [5.41, 5.74) is 30.6. The van der Waals surface area contributed by atoms with E-state index in [1.54, 1.807) is 27.9 Å². The maximum Gasteiger partial charge on any atom is 0.0719 e. The van der Waals surface area contributed by atoms with Crippen LogP contribution in [0.3, 0.4) is 0 Å². The fraction of sp³-hybridized carbons (Fsp3) is 0.304. The lowest BCUT2D eigenvalue weighted by atomic mass is 9.47. The van der Waals surface area contributed by atoms with E-state index in [4.69, 9.17) is 0 Å². The van der Waals surface area contributed by atoms with Crippen molar-refractivity contribution in [1.82, 2.24) is 5.32 Å². The van der Waals surface area contributed by atoms with Gasteiger partial charge in [-0.15, -0.1) is 0 Å². The molecule has 14 rings (SSSR count). The zero-order chi connectivity index (χ0) is 49.3. The van der Waals surface area contributed by atoms with Gasteiger partial charge in [-0.3, -0.25) is 0 Å². The van der Waals surface area contributed by atoms with E-state index in [0.29, 0.717) is 0 Å². The molecule has 0 aromatic heterocycles. The number of rotatable bonds is 2. The first-order valence-electron chi connectivity index (χ1n) is 27.1. The van der Waals surface area contributed by atoms with Crippen LogP contribution in [-0.2, 0) is 16.2 Å². The number of para-hydroxylation sites is 2. The monoisotopic (exact) mass is 938 g/mol. The third kappa shape index (κ3) is 5.17. The van der Waals surface area contributed by atoms with Crippen LogP contribution in [0.25, 0.3) is 11.1 Å². The molecule has 0 bridgehead atoms. The molecule has 3 aliphatic heterocycles. The molecule has 8 atom stereocenters. The highest BCUT2D eigenvalue weighted by Crippen LogP contribution is 2.69. The summed E-state index contributed by atoms with van der Waals surface area (Å²) in [5, 5.41) is 12.8. The van der Waals surface area contributed by atoms with Crippen molar-refractivity contribution < 1.29 is 0 Å². The number of fused-ring (bicyclic) bond motifs is 9. The van der Waals surface area contributed by atoms with E-state index < -0.39 is 10.8 Å². The second kappa shape index (κ2) is 15.1. The van der Waals surface area contributed by atoms with Gasteiger partial charge in [0.25, 0.3) is 0 Å². The largest absolute Gasteiger partial charge is 0.361 e. The molecule has 3 N–H and O–H groups in total. The van der Waals surface area contributed by atoms with Crippen LogP contribution in [-0.4, -0.2) is 0 Å². The highest BCUT2D eigenvalue weighted by atomic mass is 15.0. The first kappa shape index (κ1) is 43.9. The molecule has 1 spiro atoms. The Balaban J connectivity index is 0.992. The predicted molar refractivity (Wildman–Crippen MR) is 297 cm³/mol. The Labute approximate surface area is 427 Å². The van der Waals surface area contributed by atoms with Gasteiger partial charge in [0.05, 0.1) is 10.8 Å².